The van der Waals surface area contributed by atoms with E-state index in [0.717, 1.165) is 25.1 Å². The number of nitrogens with two attached hydrogens (primary N) is 2. The summed E-state index contributed by atoms with van der Waals surface area (Å²) >= 11 is 0. The van der Waals surface area contributed by atoms with Crippen LogP contribution in [-0.4, -0.2) is 72.5 Å². The van der Waals surface area contributed by atoms with Crippen LogP contribution in [0.3, 0.4) is 0 Å². The highest BCUT2D eigenvalue weighted by molar-refractivity contribution is 5.98. The topological polar surface area (TPSA) is 151 Å². The second-order valence-electron chi connectivity index (χ2n) is 8.12. The van der Waals surface area contributed by atoms with Crippen molar-refractivity contribution in [2.75, 3.05) is 38.1 Å². The van der Waals surface area contributed by atoms with Crippen LogP contribution in [0.5, 0.6) is 0 Å². The van der Waals surface area contributed by atoms with E-state index in [4.69, 9.17) is 16.6 Å². The first-order chi connectivity index (χ1) is 16.4. The molecule has 2 aromatic carbocycles. The fourth-order valence-corrected chi connectivity index (χ4v) is 3.52. The van der Waals surface area contributed by atoms with E-state index in [0.29, 0.717) is 23.4 Å². The van der Waals surface area contributed by atoms with Gasteiger partial charge in [-0.3, -0.25) is 19.3 Å². The molecular formula is C25H29N5O4. The lowest BCUT2D eigenvalue weighted by Crippen LogP contribution is -2.46. The van der Waals surface area contributed by atoms with Gasteiger partial charge in [0.25, 0.3) is 5.91 Å². The molecule has 9 heteroatoms. The molecule has 2 atom stereocenters. The van der Waals surface area contributed by atoms with Crippen LogP contribution in [-0.2, 0) is 9.59 Å². The maximum atomic E-state index is 12.3. The van der Waals surface area contributed by atoms with E-state index in [1.807, 2.05) is 17.0 Å². The number of nitrogens with zero attached hydrogens (tertiary/aromatic N) is 1. The number of amides is 2. The smallest absolute Gasteiger partial charge is 0.251 e. The number of aliphatic hydroxyl groups is 1. The number of anilines is 1. The van der Waals surface area contributed by atoms with E-state index in [1.165, 1.54) is 0 Å². The van der Waals surface area contributed by atoms with Crippen molar-refractivity contribution in [1.29, 1.82) is 0 Å². The summed E-state index contributed by atoms with van der Waals surface area (Å²) in [6.07, 6.45) is 0.914. The number of hydrogen-bond acceptors (Lipinski definition) is 7. The van der Waals surface area contributed by atoms with E-state index >= 15 is 0 Å². The summed E-state index contributed by atoms with van der Waals surface area (Å²) in [5.41, 5.74) is 13.9. The molecule has 1 aliphatic heterocycles. The van der Waals surface area contributed by atoms with Gasteiger partial charge in [-0.2, -0.15) is 0 Å². The number of ketones is 1. The molecule has 7 N–H and O–H groups in total. The Balaban J connectivity index is 1.53. The maximum absolute atomic E-state index is 12.3. The molecule has 0 aromatic heterocycles. The molecule has 1 aliphatic rings. The molecule has 1 unspecified atom stereocenters. The monoisotopic (exact) mass is 463 g/mol. The molecule has 3 rings (SSSR count). The Kier molecular flexibility index (Phi) is 8.90. The van der Waals surface area contributed by atoms with E-state index in [-0.39, 0.29) is 18.5 Å². The molecule has 9 nitrogen and oxygen atoms in total. The van der Waals surface area contributed by atoms with Crippen molar-refractivity contribution < 1.29 is 19.5 Å². The van der Waals surface area contributed by atoms with Gasteiger partial charge >= 0.3 is 0 Å². The summed E-state index contributed by atoms with van der Waals surface area (Å²) in [4.78, 5) is 38.0. The molecule has 2 aromatic rings. The maximum Gasteiger partial charge on any atom is 0.251 e. The van der Waals surface area contributed by atoms with Gasteiger partial charge < -0.3 is 27.2 Å². The SMILES string of the molecule is NC[C@H](NC(=O)c1ccc(C#Cc2ccc(NC(=O)CN3CCC(N)C3)cc2)cc1)C(=O)CO. The van der Waals surface area contributed by atoms with Gasteiger partial charge in [-0.05, 0) is 55.0 Å². The predicted molar refractivity (Wildman–Crippen MR) is 129 cm³/mol. The van der Waals surface area contributed by atoms with Crippen LogP contribution in [0, 0.1) is 11.8 Å². The lowest BCUT2D eigenvalue weighted by Gasteiger charge is -2.14. The molecule has 1 fully saturated rings. The fraction of sp³-hybridized carbons (Fsp3) is 0.320. The average Bonchev–Trinajstić information content (AvgIpc) is 3.25. The zero-order valence-corrected chi connectivity index (χ0v) is 18.8. The highest BCUT2D eigenvalue weighted by Crippen LogP contribution is 2.11. The number of nitrogens with one attached hydrogen (secondary N) is 2. The molecule has 178 valence electrons. The molecule has 1 saturated heterocycles. The van der Waals surface area contributed by atoms with Gasteiger partial charge in [0.1, 0.15) is 12.6 Å². The minimum atomic E-state index is -0.928. The molecule has 0 bridgehead atoms. The number of rotatable bonds is 8. The third-order valence-electron chi connectivity index (χ3n) is 5.43. The summed E-state index contributed by atoms with van der Waals surface area (Å²) in [6.45, 7) is 1.13. The van der Waals surface area contributed by atoms with Gasteiger partial charge in [-0.1, -0.05) is 11.8 Å². The van der Waals surface area contributed by atoms with E-state index in [9.17, 15) is 14.4 Å². The molecule has 0 aliphatic carbocycles. The largest absolute Gasteiger partial charge is 0.388 e. The van der Waals surface area contributed by atoms with Gasteiger partial charge in [0, 0.05) is 48.1 Å². The highest BCUT2D eigenvalue weighted by Gasteiger charge is 2.21. The van der Waals surface area contributed by atoms with Crippen LogP contribution in [0.1, 0.15) is 27.9 Å². The van der Waals surface area contributed by atoms with E-state index < -0.39 is 24.3 Å². The molecule has 34 heavy (non-hydrogen) atoms. The quantitative estimate of drug-likeness (QED) is 0.337. The second-order valence-corrected chi connectivity index (χ2v) is 8.12. The average molecular weight is 464 g/mol. The zero-order valence-electron chi connectivity index (χ0n) is 18.8. The first-order valence-electron chi connectivity index (χ1n) is 11.0. The normalized spacial score (nSPS) is 16.3. The standard InChI is InChI=1S/C25H29N5O4/c26-13-22(23(32)16-31)29-25(34)19-7-3-17(4-8-19)1-2-18-5-9-21(10-6-18)28-24(33)15-30-12-11-20(27)14-30/h3-10,20,22,31H,11-16,26-27H2,(H,28,33)(H,29,34)/t20?,22-/m0/s1. The van der Waals surface area contributed by atoms with Crippen LogP contribution in [0.2, 0.25) is 0 Å². The van der Waals surface area contributed by atoms with Crippen molar-refractivity contribution in [1.82, 2.24) is 10.2 Å². The van der Waals surface area contributed by atoms with Crippen molar-refractivity contribution in [2.45, 2.75) is 18.5 Å². The second kappa shape index (κ2) is 12.1. The Morgan fingerprint density at radius 2 is 1.68 bits per heavy atom. The van der Waals surface area contributed by atoms with Crippen molar-refractivity contribution in [3.05, 3.63) is 65.2 Å². The number of benzene rings is 2. The number of hydrogen-bond donors (Lipinski definition) is 5. The van der Waals surface area contributed by atoms with Gasteiger partial charge in [-0.25, -0.2) is 0 Å². The minimum Gasteiger partial charge on any atom is -0.388 e. The van der Waals surface area contributed by atoms with Crippen LogP contribution >= 0.6 is 0 Å². The molecular weight excluding hydrogens is 434 g/mol. The lowest BCUT2D eigenvalue weighted by molar-refractivity contribution is -0.123. The highest BCUT2D eigenvalue weighted by atomic mass is 16.3. The summed E-state index contributed by atoms with van der Waals surface area (Å²) in [7, 11) is 0. The number of likely N-dealkylation sites (tertiary alicyclic amines) is 1. The Morgan fingerprint density at radius 3 is 2.21 bits per heavy atom. The number of carbonyl (C=O) groups is 3. The Labute approximate surface area is 198 Å². The zero-order chi connectivity index (χ0) is 24.5. The van der Waals surface area contributed by atoms with Gasteiger partial charge in [0.2, 0.25) is 5.91 Å². The minimum absolute atomic E-state index is 0.0735. The van der Waals surface area contributed by atoms with Crippen molar-refractivity contribution >= 4 is 23.3 Å². The first-order valence-corrected chi connectivity index (χ1v) is 11.0. The van der Waals surface area contributed by atoms with E-state index in [2.05, 4.69) is 22.5 Å². The van der Waals surface area contributed by atoms with E-state index in [1.54, 1.807) is 36.4 Å². The van der Waals surface area contributed by atoms with Crippen LogP contribution < -0.4 is 22.1 Å². The van der Waals surface area contributed by atoms with Crippen molar-refractivity contribution in [3.63, 3.8) is 0 Å². The fourth-order valence-electron chi connectivity index (χ4n) is 3.52. The molecule has 0 saturated carbocycles. The van der Waals surface area contributed by atoms with Gasteiger partial charge in [0.15, 0.2) is 5.78 Å². The Bertz CT molecular complexity index is 1070. The third kappa shape index (κ3) is 7.23. The summed E-state index contributed by atoms with van der Waals surface area (Å²) in [6, 6.07) is 13.1. The number of Topliss-reactive ketones (excluding diaryl/α,β-unsaturated/α-hetero) is 1. The number of carbonyl (C=O) groups excluding carboxylic acids is 3. The number of aliphatic hydroxyl groups excluding tert-OH is 1. The molecule has 0 radical (unpaired) electrons. The van der Waals surface area contributed by atoms with Crippen LogP contribution in [0.4, 0.5) is 5.69 Å². The molecule has 2 amide bonds. The summed E-state index contributed by atoms with van der Waals surface area (Å²) < 4.78 is 0. The van der Waals surface area contributed by atoms with Gasteiger partial charge in [0.05, 0.1) is 6.54 Å². The Morgan fingerprint density at radius 1 is 1.06 bits per heavy atom. The predicted octanol–water partition coefficient (Wildman–Crippen LogP) is -0.324. The van der Waals surface area contributed by atoms with Gasteiger partial charge in [-0.15, -0.1) is 0 Å². The van der Waals surface area contributed by atoms with Crippen LogP contribution in [0.15, 0.2) is 48.5 Å². The Hall–Kier alpha value is -3.55. The summed E-state index contributed by atoms with van der Waals surface area (Å²) in [5, 5.41) is 14.3. The summed E-state index contributed by atoms with van der Waals surface area (Å²) in [5.74, 6) is 5.00. The van der Waals surface area contributed by atoms with Crippen molar-refractivity contribution in [3.8, 4) is 11.8 Å². The third-order valence-corrected chi connectivity index (χ3v) is 5.43. The first kappa shape index (κ1) is 25.1. The molecule has 1 heterocycles. The molecule has 0 spiro atoms. The van der Waals surface area contributed by atoms with Crippen molar-refractivity contribution in [2.24, 2.45) is 11.5 Å². The lowest BCUT2D eigenvalue weighted by atomic mass is 10.1. The van der Waals surface area contributed by atoms with Crippen LogP contribution in [0.25, 0.3) is 0 Å².